The van der Waals surface area contributed by atoms with Crippen LogP contribution in [0.25, 0.3) is 11.4 Å². The lowest BCUT2D eigenvalue weighted by Crippen LogP contribution is -2.25. The first-order chi connectivity index (χ1) is 8.34. The molecule has 1 aliphatic rings. The smallest absolute Gasteiger partial charge is 0.139 e. The lowest BCUT2D eigenvalue weighted by Gasteiger charge is -2.17. The van der Waals surface area contributed by atoms with Gasteiger partial charge < -0.3 is 10.3 Å². The van der Waals surface area contributed by atoms with Crippen molar-refractivity contribution >= 4 is 12.2 Å². The second kappa shape index (κ2) is 4.39. The molecule has 0 radical (unpaired) electrons. The molecule has 1 aliphatic heterocycles. The van der Waals surface area contributed by atoms with E-state index in [4.69, 9.17) is 12.2 Å². The number of rotatable bonds is 1. The first kappa shape index (κ1) is 10.6. The average Bonchev–Trinajstić information content (AvgIpc) is 2.40. The van der Waals surface area contributed by atoms with Gasteiger partial charge in [0.1, 0.15) is 10.5 Å². The van der Waals surface area contributed by atoms with Gasteiger partial charge in [0.25, 0.3) is 0 Å². The van der Waals surface area contributed by atoms with Crippen LogP contribution in [0, 0.1) is 4.64 Å². The normalized spacial score (nSPS) is 14.4. The summed E-state index contributed by atoms with van der Waals surface area (Å²) >= 11 is 5.36. The van der Waals surface area contributed by atoms with E-state index in [0.717, 1.165) is 36.5 Å². The van der Waals surface area contributed by atoms with Crippen LogP contribution in [0.2, 0.25) is 0 Å². The Morgan fingerprint density at radius 3 is 2.82 bits per heavy atom. The summed E-state index contributed by atoms with van der Waals surface area (Å²) in [6, 6.07) is 10.1. The molecule has 4 heteroatoms. The van der Waals surface area contributed by atoms with Gasteiger partial charge in [0.2, 0.25) is 0 Å². The third-order valence-corrected chi connectivity index (χ3v) is 3.34. The molecule has 0 fully saturated rings. The van der Waals surface area contributed by atoms with Crippen molar-refractivity contribution in [3.05, 3.63) is 46.2 Å². The highest BCUT2D eigenvalue weighted by Gasteiger charge is 2.13. The molecule has 86 valence electrons. The van der Waals surface area contributed by atoms with E-state index in [-0.39, 0.29) is 0 Å². The number of H-pyrrole nitrogens is 1. The van der Waals surface area contributed by atoms with Crippen LogP contribution < -0.4 is 5.32 Å². The van der Waals surface area contributed by atoms with Gasteiger partial charge >= 0.3 is 0 Å². The molecule has 2 N–H and O–H groups in total. The van der Waals surface area contributed by atoms with E-state index in [1.165, 1.54) is 5.69 Å². The molecule has 0 aliphatic carbocycles. The van der Waals surface area contributed by atoms with Crippen LogP contribution in [-0.4, -0.2) is 16.5 Å². The summed E-state index contributed by atoms with van der Waals surface area (Å²) < 4.78 is 0.713. The van der Waals surface area contributed by atoms with Crippen molar-refractivity contribution < 1.29 is 0 Å². The van der Waals surface area contributed by atoms with E-state index < -0.39 is 0 Å². The Hall–Kier alpha value is -1.52. The van der Waals surface area contributed by atoms with Crippen molar-refractivity contribution in [1.82, 2.24) is 15.3 Å². The second-order valence-electron chi connectivity index (χ2n) is 4.14. The van der Waals surface area contributed by atoms with Crippen LogP contribution >= 0.6 is 12.2 Å². The van der Waals surface area contributed by atoms with Gasteiger partial charge in [0.15, 0.2) is 0 Å². The van der Waals surface area contributed by atoms with Crippen LogP contribution in [0.4, 0.5) is 0 Å². The summed E-state index contributed by atoms with van der Waals surface area (Å²) in [5.74, 6) is 0.872. The molecule has 2 heterocycles. The summed E-state index contributed by atoms with van der Waals surface area (Å²) in [5.41, 5.74) is 3.45. The fraction of sp³-hybridized carbons (Fsp3) is 0.231. The maximum Gasteiger partial charge on any atom is 0.139 e. The minimum Gasteiger partial charge on any atom is -0.343 e. The molecule has 3 nitrogen and oxygen atoms in total. The van der Waals surface area contributed by atoms with Crippen molar-refractivity contribution in [3.63, 3.8) is 0 Å². The Kier molecular flexibility index (Phi) is 2.74. The zero-order valence-electron chi connectivity index (χ0n) is 9.36. The number of nitrogens with one attached hydrogen (secondary N) is 2. The molecule has 2 aromatic rings. The Morgan fingerprint density at radius 1 is 1.18 bits per heavy atom. The highest BCUT2D eigenvalue weighted by molar-refractivity contribution is 7.71. The third kappa shape index (κ3) is 2.01. The quantitative estimate of drug-likeness (QED) is 0.756. The highest BCUT2D eigenvalue weighted by atomic mass is 32.1. The number of fused-ring (bicyclic) bond motifs is 1. The van der Waals surface area contributed by atoms with Gasteiger partial charge in [-0.25, -0.2) is 4.98 Å². The molecule has 0 unspecified atom stereocenters. The van der Waals surface area contributed by atoms with Gasteiger partial charge in [0, 0.05) is 36.3 Å². The van der Waals surface area contributed by atoms with Gasteiger partial charge in [-0.3, -0.25) is 0 Å². The van der Waals surface area contributed by atoms with E-state index in [2.05, 4.69) is 15.3 Å². The summed E-state index contributed by atoms with van der Waals surface area (Å²) in [6.07, 6.45) is 0.987. The fourth-order valence-electron chi connectivity index (χ4n) is 2.10. The molecule has 3 rings (SSSR count). The summed E-state index contributed by atoms with van der Waals surface area (Å²) in [7, 11) is 0. The monoisotopic (exact) mass is 243 g/mol. The summed E-state index contributed by atoms with van der Waals surface area (Å²) in [5, 5.41) is 3.31. The SMILES string of the molecule is S=c1nc(-c2ccccc2)[nH]c2c1CNCC2. The van der Waals surface area contributed by atoms with Gasteiger partial charge in [-0.15, -0.1) is 0 Å². The van der Waals surface area contributed by atoms with Crippen molar-refractivity contribution in [2.75, 3.05) is 6.54 Å². The van der Waals surface area contributed by atoms with E-state index >= 15 is 0 Å². The molecule has 0 saturated heterocycles. The van der Waals surface area contributed by atoms with Crippen LogP contribution in [0.3, 0.4) is 0 Å². The predicted molar refractivity (Wildman–Crippen MR) is 70.3 cm³/mol. The first-order valence-electron chi connectivity index (χ1n) is 5.73. The lowest BCUT2D eigenvalue weighted by molar-refractivity contribution is 0.624. The Labute approximate surface area is 105 Å². The molecule has 0 spiro atoms. The zero-order chi connectivity index (χ0) is 11.7. The number of hydrogen-bond acceptors (Lipinski definition) is 3. The molecular weight excluding hydrogens is 230 g/mol. The fourth-order valence-corrected chi connectivity index (χ4v) is 2.39. The lowest BCUT2D eigenvalue weighted by atomic mass is 10.1. The van der Waals surface area contributed by atoms with Crippen LogP contribution in [0.15, 0.2) is 30.3 Å². The molecular formula is C13H13N3S. The topological polar surface area (TPSA) is 40.7 Å². The average molecular weight is 243 g/mol. The highest BCUT2D eigenvalue weighted by Crippen LogP contribution is 2.19. The van der Waals surface area contributed by atoms with Crippen LogP contribution in [-0.2, 0) is 13.0 Å². The van der Waals surface area contributed by atoms with E-state index in [1.807, 2.05) is 30.3 Å². The van der Waals surface area contributed by atoms with Crippen molar-refractivity contribution in [2.24, 2.45) is 0 Å². The Bertz CT molecular complexity index is 589. The van der Waals surface area contributed by atoms with Crippen molar-refractivity contribution in [1.29, 1.82) is 0 Å². The van der Waals surface area contributed by atoms with Crippen LogP contribution in [0.1, 0.15) is 11.3 Å². The minimum absolute atomic E-state index is 0.713. The standard InChI is InChI=1S/C13H13N3S/c17-13-10-8-14-7-6-11(10)15-12(16-13)9-4-2-1-3-5-9/h1-5,14H,6-8H2,(H,15,16,17). The van der Waals surface area contributed by atoms with Gasteiger partial charge in [0.05, 0.1) is 0 Å². The molecule has 0 atom stereocenters. The summed E-state index contributed by atoms with van der Waals surface area (Å²) in [6.45, 7) is 1.82. The Balaban J connectivity index is 2.14. The van der Waals surface area contributed by atoms with Crippen molar-refractivity contribution in [2.45, 2.75) is 13.0 Å². The Morgan fingerprint density at radius 2 is 2.00 bits per heavy atom. The summed E-state index contributed by atoms with van der Waals surface area (Å²) in [4.78, 5) is 7.88. The molecule has 0 amide bonds. The van der Waals surface area contributed by atoms with Gasteiger partial charge in [-0.2, -0.15) is 0 Å². The second-order valence-corrected chi connectivity index (χ2v) is 4.53. The van der Waals surface area contributed by atoms with E-state index in [0.29, 0.717) is 4.64 Å². The molecule has 0 saturated carbocycles. The number of benzene rings is 1. The molecule has 17 heavy (non-hydrogen) atoms. The van der Waals surface area contributed by atoms with Crippen molar-refractivity contribution in [3.8, 4) is 11.4 Å². The van der Waals surface area contributed by atoms with E-state index in [9.17, 15) is 0 Å². The molecule has 0 bridgehead atoms. The number of aromatic amines is 1. The maximum absolute atomic E-state index is 5.36. The largest absolute Gasteiger partial charge is 0.343 e. The number of hydrogen-bond donors (Lipinski definition) is 2. The third-order valence-electron chi connectivity index (χ3n) is 3.01. The van der Waals surface area contributed by atoms with Gasteiger partial charge in [-0.05, 0) is 0 Å². The first-order valence-corrected chi connectivity index (χ1v) is 6.13. The maximum atomic E-state index is 5.36. The van der Waals surface area contributed by atoms with Gasteiger partial charge in [-0.1, -0.05) is 42.5 Å². The molecule has 1 aromatic carbocycles. The van der Waals surface area contributed by atoms with E-state index in [1.54, 1.807) is 0 Å². The molecule has 1 aromatic heterocycles. The zero-order valence-corrected chi connectivity index (χ0v) is 10.2. The predicted octanol–water partition coefficient (Wildman–Crippen LogP) is 2.45. The van der Waals surface area contributed by atoms with Crippen LogP contribution in [0.5, 0.6) is 0 Å². The number of nitrogens with zero attached hydrogens (tertiary/aromatic N) is 1. The minimum atomic E-state index is 0.713. The number of aromatic nitrogens is 2.